The standard InChI is InChI=1S/C16H12Br2F3N3O/c1-2-5-25-15-12(17)6-10(7-13(15)18)8-23-24-14-4-3-11(9-22-14)16(19,20)21/h2-4,6-9H,1,5H2,(H,22,24)/b23-8+. The van der Waals surface area contributed by atoms with Gasteiger partial charge in [0.05, 0.1) is 20.7 Å². The van der Waals surface area contributed by atoms with Gasteiger partial charge in [-0.15, -0.1) is 0 Å². The van der Waals surface area contributed by atoms with Gasteiger partial charge in [0.1, 0.15) is 18.2 Å². The summed E-state index contributed by atoms with van der Waals surface area (Å²) in [6.07, 6.45) is -0.527. The summed E-state index contributed by atoms with van der Waals surface area (Å²) in [7, 11) is 0. The zero-order valence-electron chi connectivity index (χ0n) is 12.6. The molecular formula is C16H12Br2F3N3O. The first-order valence-electron chi connectivity index (χ1n) is 6.86. The fourth-order valence-electron chi connectivity index (χ4n) is 1.73. The minimum absolute atomic E-state index is 0.202. The van der Waals surface area contributed by atoms with Gasteiger partial charge in [-0.1, -0.05) is 12.7 Å². The molecule has 9 heteroatoms. The van der Waals surface area contributed by atoms with E-state index in [1.807, 2.05) is 0 Å². The Balaban J connectivity index is 2.06. The van der Waals surface area contributed by atoms with Crippen molar-refractivity contribution in [1.29, 1.82) is 0 Å². The van der Waals surface area contributed by atoms with Crippen molar-refractivity contribution in [2.75, 3.05) is 12.0 Å². The number of hydrazone groups is 1. The number of pyridine rings is 1. The van der Waals surface area contributed by atoms with Crippen molar-refractivity contribution in [3.8, 4) is 5.75 Å². The van der Waals surface area contributed by atoms with Crippen LogP contribution in [-0.4, -0.2) is 17.8 Å². The van der Waals surface area contributed by atoms with E-state index in [4.69, 9.17) is 4.74 Å². The highest BCUT2D eigenvalue weighted by molar-refractivity contribution is 9.11. The highest BCUT2D eigenvalue weighted by atomic mass is 79.9. The normalized spacial score (nSPS) is 11.6. The second-order valence-electron chi connectivity index (χ2n) is 4.71. The highest BCUT2D eigenvalue weighted by Gasteiger charge is 2.30. The third kappa shape index (κ3) is 5.57. The number of benzene rings is 1. The van der Waals surface area contributed by atoms with Gasteiger partial charge in [0, 0.05) is 6.20 Å². The number of alkyl halides is 3. The lowest BCUT2D eigenvalue weighted by atomic mass is 10.2. The van der Waals surface area contributed by atoms with Crippen molar-refractivity contribution in [2.24, 2.45) is 5.10 Å². The molecule has 25 heavy (non-hydrogen) atoms. The Kier molecular flexibility index (Phi) is 6.60. The molecule has 2 rings (SSSR count). The molecule has 0 atom stereocenters. The molecule has 132 valence electrons. The van der Waals surface area contributed by atoms with E-state index in [0.29, 0.717) is 12.4 Å². The minimum Gasteiger partial charge on any atom is -0.487 e. The van der Waals surface area contributed by atoms with Crippen LogP contribution in [0.1, 0.15) is 11.1 Å². The average molecular weight is 479 g/mol. The van der Waals surface area contributed by atoms with Crippen molar-refractivity contribution in [3.05, 3.63) is 63.2 Å². The van der Waals surface area contributed by atoms with Crippen molar-refractivity contribution in [1.82, 2.24) is 4.98 Å². The molecule has 4 nitrogen and oxygen atoms in total. The second-order valence-corrected chi connectivity index (χ2v) is 6.42. The number of ether oxygens (including phenoxy) is 1. The monoisotopic (exact) mass is 477 g/mol. The summed E-state index contributed by atoms with van der Waals surface area (Å²) in [5, 5.41) is 3.96. The summed E-state index contributed by atoms with van der Waals surface area (Å²) in [6, 6.07) is 5.71. The number of nitrogens with one attached hydrogen (secondary N) is 1. The van der Waals surface area contributed by atoms with Gasteiger partial charge in [-0.2, -0.15) is 18.3 Å². The molecule has 0 fully saturated rings. The molecule has 1 N–H and O–H groups in total. The predicted octanol–water partition coefficient (Wildman–Crippen LogP) is 5.64. The SMILES string of the molecule is C=CCOc1c(Br)cc(/C=N/Nc2ccc(C(F)(F)F)cn2)cc1Br. The van der Waals surface area contributed by atoms with E-state index in [1.54, 1.807) is 18.2 Å². The van der Waals surface area contributed by atoms with Crippen LogP contribution in [0.4, 0.5) is 19.0 Å². The van der Waals surface area contributed by atoms with Gasteiger partial charge < -0.3 is 4.74 Å². The highest BCUT2D eigenvalue weighted by Crippen LogP contribution is 2.34. The molecule has 1 heterocycles. The van der Waals surface area contributed by atoms with E-state index in [9.17, 15) is 13.2 Å². The predicted molar refractivity (Wildman–Crippen MR) is 98.0 cm³/mol. The third-order valence-corrected chi connectivity index (χ3v) is 4.03. The maximum atomic E-state index is 12.5. The number of aromatic nitrogens is 1. The van der Waals surface area contributed by atoms with Crippen LogP contribution in [0.25, 0.3) is 0 Å². The zero-order chi connectivity index (χ0) is 18.4. The number of halogens is 5. The Morgan fingerprint density at radius 1 is 1.24 bits per heavy atom. The number of hydrogen-bond acceptors (Lipinski definition) is 4. The fraction of sp³-hybridized carbons (Fsp3) is 0.125. The molecule has 0 radical (unpaired) electrons. The van der Waals surface area contributed by atoms with Gasteiger partial charge in [0.15, 0.2) is 0 Å². The van der Waals surface area contributed by atoms with E-state index < -0.39 is 11.7 Å². The summed E-state index contributed by atoms with van der Waals surface area (Å²) in [5.41, 5.74) is 2.50. The van der Waals surface area contributed by atoms with Crippen molar-refractivity contribution in [3.63, 3.8) is 0 Å². The first-order valence-corrected chi connectivity index (χ1v) is 8.45. The van der Waals surface area contributed by atoms with Gasteiger partial charge in [-0.25, -0.2) is 4.98 Å². The van der Waals surface area contributed by atoms with E-state index >= 15 is 0 Å². The second kappa shape index (κ2) is 8.48. The maximum absolute atomic E-state index is 12.5. The molecule has 0 amide bonds. The van der Waals surface area contributed by atoms with Crippen LogP contribution in [0.15, 0.2) is 57.2 Å². The Labute approximate surface area is 159 Å². The summed E-state index contributed by atoms with van der Waals surface area (Å²) >= 11 is 6.80. The first kappa shape index (κ1) is 19.5. The van der Waals surface area contributed by atoms with Gasteiger partial charge in [-0.05, 0) is 61.7 Å². The van der Waals surface area contributed by atoms with Gasteiger partial charge in [0.2, 0.25) is 0 Å². The number of rotatable bonds is 6. The zero-order valence-corrected chi connectivity index (χ0v) is 15.8. The fourth-order valence-corrected chi connectivity index (χ4v) is 3.19. The van der Waals surface area contributed by atoms with Gasteiger partial charge >= 0.3 is 6.18 Å². The number of hydrogen-bond donors (Lipinski definition) is 1. The van der Waals surface area contributed by atoms with E-state index in [0.717, 1.165) is 26.8 Å². The lowest BCUT2D eigenvalue weighted by Gasteiger charge is -2.09. The molecule has 0 aliphatic rings. The van der Waals surface area contributed by atoms with Crippen LogP contribution in [0.5, 0.6) is 5.75 Å². The van der Waals surface area contributed by atoms with Crippen molar-refractivity contribution < 1.29 is 17.9 Å². The van der Waals surface area contributed by atoms with E-state index in [2.05, 4.69) is 54.0 Å². The summed E-state index contributed by atoms with van der Waals surface area (Å²) in [6.45, 7) is 3.95. The van der Waals surface area contributed by atoms with Crippen LogP contribution in [0.2, 0.25) is 0 Å². The van der Waals surface area contributed by atoms with Crippen LogP contribution < -0.4 is 10.2 Å². The Hall–Kier alpha value is -1.87. The lowest BCUT2D eigenvalue weighted by Crippen LogP contribution is -2.05. The summed E-state index contributed by atoms with van der Waals surface area (Å²) in [5.74, 6) is 0.836. The first-order chi connectivity index (χ1) is 11.8. The number of anilines is 1. The van der Waals surface area contributed by atoms with Gasteiger partial charge in [-0.3, -0.25) is 5.43 Å². The van der Waals surface area contributed by atoms with Crippen LogP contribution in [0, 0.1) is 0 Å². The van der Waals surface area contributed by atoms with Crippen LogP contribution in [0.3, 0.4) is 0 Å². The molecule has 0 saturated heterocycles. The number of nitrogens with zero attached hydrogens (tertiary/aromatic N) is 2. The Morgan fingerprint density at radius 3 is 2.44 bits per heavy atom. The third-order valence-electron chi connectivity index (χ3n) is 2.85. The molecule has 1 aromatic carbocycles. The maximum Gasteiger partial charge on any atom is 0.417 e. The Morgan fingerprint density at radius 2 is 1.92 bits per heavy atom. The summed E-state index contributed by atoms with van der Waals surface area (Å²) in [4.78, 5) is 3.67. The van der Waals surface area contributed by atoms with E-state index in [1.165, 1.54) is 12.3 Å². The molecular weight excluding hydrogens is 467 g/mol. The minimum atomic E-state index is -4.41. The Bertz CT molecular complexity index is 754. The lowest BCUT2D eigenvalue weighted by molar-refractivity contribution is -0.137. The largest absolute Gasteiger partial charge is 0.487 e. The molecule has 0 unspecified atom stereocenters. The summed E-state index contributed by atoms with van der Waals surface area (Å²) < 4.78 is 44.3. The van der Waals surface area contributed by atoms with Crippen molar-refractivity contribution >= 4 is 43.9 Å². The average Bonchev–Trinajstić information content (AvgIpc) is 2.54. The quantitative estimate of drug-likeness (QED) is 0.332. The molecule has 2 aromatic rings. The molecule has 0 saturated carbocycles. The van der Waals surface area contributed by atoms with Crippen molar-refractivity contribution in [2.45, 2.75) is 6.18 Å². The topological polar surface area (TPSA) is 46.5 Å². The van der Waals surface area contributed by atoms with Gasteiger partial charge in [0.25, 0.3) is 0 Å². The smallest absolute Gasteiger partial charge is 0.417 e. The molecule has 0 spiro atoms. The molecule has 0 bridgehead atoms. The molecule has 0 aliphatic carbocycles. The van der Waals surface area contributed by atoms with E-state index in [-0.39, 0.29) is 5.82 Å². The van der Waals surface area contributed by atoms with Crippen LogP contribution >= 0.6 is 31.9 Å². The molecule has 1 aromatic heterocycles. The van der Waals surface area contributed by atoms with Crippen LogP contribution in [-0.2, 0) is 6.18 Å². The molecule has 0 aliphatic heterocycles.